The van der Waals surface area contributed by atoms with Crippen LogP contribution in [0.4, 0.5) is 0 Å². The van der Waals surface area contributed by atoms with Gasteiger partial charge in [0.1, 0.15) is 36.8 Å². The van der Waals surface area contributed by atoms with Crippen LogP contribution < -0.4 is 15.4 Å². The van der Waals surface area contributed by atoms with Gasteiger partial charge in [0.05, 0.1) is 18.7 Å². The van der Waals surface area contributed by atoms with Crippen molar-refractivity contribution >= 4 is 41.2 Å². The molecule has 2 atom stereocenters. The molecule has 238 valence electrons. The summed E-state index contributed by atoms with van der Waals surface area (Å²) in [6, 6.07) is 15.7. The zero-order chi connectivity index (χ0) is 31.0. The standard InChI is InChI=1S/C33H43N3O6S2/c1-2-40-17-18-41-20-31(37)36-24-44-23-30(36)33(39)35-29(22-43-21-26-9-5-3-6-10-26)32(38)34-19-25-13-15-28(16-14-25)42-27-11-7-4-8-12-27/h2,4,7-8,11-16,26,29-30H,1,3,5-6,9-10,17-24H2,(H,34,38)(H,35,39)/t29-,30-/m0/s1. The molecule has 1 aliphatic carbocycles. The summed E-state index contributed by atoms with van der Waals surface area (Å²) in [6.45, 7) is 4.21. The van der Waals surface area contributed by atoms with Gasteiger partial charge in [-0.05, 0) is 54.3 Å². The Kier molecular flexibility index (Phi) is 14.3. The zero-order valence-corrected chi connectivity index (χ0v) is 26.8. The molecule has 1 heterocycles. The number of thioether (sulfide) groups is 2. The van der Waals surface area contributed by atoms with Gasteiger partial charge < -0.3 is 29.7 Å². The van der Waals surface area contributed by atoms with Gasteiger partial charge in [-0.3, -0.25) is 14.4 Å². The predicted molar refractivity (Wildman–Crippen MR) is 176 cm³/mol. The van der Waals surface area contributed by atoms with Crippen LogP contribution in [0.15, 0.2) is 67.4 Å². The van der Waals surface area contributed by atoms with Gasteiger partial charge in [0.2, 0.25) is 17.7 Å². The molecule has 11 heteroatoms. The number of carbonyl (C=O) groups excluding carboxylic acids is 3. The van der Waals surface area contributed by atoms with E-state index in [0.29, 0.717) is 42.2 Å². The van der Waals surface area contributed by atoms with Gasteiger partial charge in [0, 0.05) is 18.1 Å². The van der Waals surface area contributed by atoms with Crippen molar-refractivity contribution in [2.75, 3.05) is 43.0 Å². The first kappa shape index (κ1) is 33.7. The molecule has 0 bridgehead atoms. The van der Waals surface area contributed by atoms with Gasteiger partial charge in [0.25, 0.3) is 0 Å². The average molecular weight is 642 g/mol. The number of nitrogens with one attached hydrogen (secondary N) is 2. The van der Waals surface area contributed by atoms with Crippen LogP contribution >= 0.6 is 23.5 Å². The lowest BCUT2D eigenvalue weighted by molar-refractivity contribution is -0.142. The smallest absolute Gasteiger partial charge is 0.249 e. The molecule has 0 spiro atoms. The second kappa shape index (κ2) is 18.6. The number of rotatable bonds is 17. The summed E-state index contributed by atoms with van der Waals surface area (Å²) in [6.07, 6.45) is 7.57. The fourth-order valence-corrected chi connectivity index (χ4v) is 7.56. The summed E-state index contributed by atoms with van der Waals surface area (Å²) >= 11 is 3.22. The predicted octanol–water partition coefficient (Wildman–Crippen LogP) is 4.97. The highest BCUT2D eigenvalue weighted by molar-refractivity contribution is 7.99. The maximum absolute atomic E-state index is 13.4. The lowest BCUT2D eigenvalue weighted by Crippen LogP contribution is -2.55. The Hall–Kier alpha value is -3.15. The lowest BCUT2D eigenvalue weighted by atomic mass is 9.91. The molecule has 0 unspecified atom stereocenters. The third-order valence-electron chi connectivity index (χ3n) is 7.56. The van der Waals surface area contributed by atoms with Crippen molar-refractivity contribution in [1.29, 1.82) is 0 Å². The Morgan fingerprint density at radius 2 is 1.77 bits per heavy atom. The number of benzene rings is 2. The van der Waals surface area contributed by atoms with E-state index in [1.807, 2.05) is 54.6 Å². The summed E-state index contributed by atoms with van der Waals surface area (Å²) in [7, 11) is 0. The Balaban J connectivity index is 1.31. The van der Waals surface area contributed by atoms with Gasteiger partial charge >= 0.3 is 0 Å². The average Bonchev–Trinajstić information content (AvgIpc) is 3.55. The molecular weight excluding hydrogens is 599 g/mol. The molecule has 4 rings (SSSR count). The molecule has 2 aromatic carbocycles. The first-order valence-corrected chi connectivity index (χ1v) is 17.5. The lowest BCUT2D eigenvalue weighted by Gasteiger charge is -2.26. The van der Waals surface area contributed by atoms with E-state index in [4.69, 9.17) is 14.2 Å². The normalized spacial score (nSPS) is 17.5. The van der Waals surface area contributed by atoms with Gasteiger partial charge in [-0.25, -0.2) is 0 Å². The molecule has 2 fully saturated rings. The SMILES string of the molecule is C=COCCOCC(=O)N1CSC[C@H]1C(=O)N[C@@H](CSCC1CCCCC1)C(=O)NCc1ccc(Oc2ccccc2)cc1. The Morgan fingerprint density at radius 1 is 1.02 bits per heavy atom. The van der Waals surface area contributed by atoms with Gasteiger partial charge in [0.15, 0.2) is 0 Å². The Labute approximate surface area is 268 Å². The van der Waals surface area contributed by atoms with Crippen LogP contribution in [-0.4, -0.2) is 77.7 Å². The fourth-order valence-electron chi connectivity index (χ4n) is 5.11. The molecule has 0 aromatic heterocycles. The van der Waals surface area contributed by atoms with E-state index in [-0.39, 0.29) is 30.9 Å². The van der Waals surface area contributed by atoms with Crippen molar-refractivity contribution in [2.24, 2.45) is 5.92 Å². The summed E-state index contributed by atoms with van der Waals surface area (Å²) < 4.78 is 16.3. The molecule has 2 aromatic rings. The maximum Gasteiger partial charge on any atom is 0.249 e. The van der Waals surface area contributed by atoms with E-state index < -0.39 is 12.1 Å². The molecule has 1 aliphatic heterocycles. The van der Waals surface area contributed by atoms with E-state index in [2.05, 4.69) is 17.2 Å². The second-order valence-corrected chi connectivity index (χ2v) is 12.9. The number of amides is 3. The summed E-state index contributed by atoms with van der Waals surface area (Å²) in [5.41, 5.74) is 0.918. The number of para-hydroxylation sites is 1. The van der Waals surface area contributed by atoms with Crippen LogP contribution in [0.1, 0.15) is 37.7 Å². The molecule has 9 nitrogen and oxygen atoms in total. The maximum atomic E-state index is 13.4. The van der Waals surface area contributed by atoms with Crippen molar-refractivity contribution in [1.82, 2.24) is 15.5 Å². The van der Waals surface area contributed by atoms with E-state index in [9.17, 15) is 14.4 Å². The summed E-state index contributed by atoms with van der Waals surface area (Å²) in [5, 5.41) is 5.97. The topological polar surface area (TPSA) is 106 Å². The van der Waals surface area contributed by atoms with E-state index in [1.165, 1.54) is 55.0 Å². The molecule has 0 radical (unpaired) electrons. The van der Waals surface area contributed by atoms with E-state index >= 15 is 0 Å². The summed E-state index contributed by atoms with van der Waals surface area (Å²) in [4.78, 5) is 41.2. The minimum atomic E-state index is -0.716. The third-order valence-corrected chi connectivity index (χ3v) is 9.85. The van der Waals surface area contributed by atoms with E-state index in [0.717, 1.165) is 17.1 Å². The van der Waals surface area contributed by atoms with Crippen LogP contribution in [0.3, 0.4) is 0 Å². The highest BCUT2D eigenvalue weighted by atomic mass is 32.2. The van der Waals surface area contributed by atoms with E-state index in [1.54, 1.807) is 11.8 Å². The van der Waals surface area contributed by atoms with Crippen molar-refractivity contribution in [3.63, 3.8) is 0 Å². The van der Waals surface area contributed by atoms with Gasteiger partial charge in [-0.15, -0.1) is 11.8 Å². The molecule has 1 saturated carbocycles. The number of carbonyl (C=O) groups is 3. The molecular formula is C33H43N3O6S2. The highest BCUT2D eigenvalue weighted by Gasteiger charge is 2.36. The number of hydrogen-bond acceptors (Lipinski definition) is 8. The molecule has 2 aliphatic rings. The van der Waals surface area contributed by atoms with Crippen molar-refractivity contribution in [2.45, 2.75) is 50.7 Å². The fraction of sp³-hybridized carbons (Fsp3) is 0.485. The zero-order valence-electron chi connectivity index (χ0n) is 25.1. The minimum absolute atomic E-state index is 0.138. The van der Waals surface area contributed by atoms with Gasteiger partial charge in [-0.1, -0.05) is 56.2 Å². The second-order valence-electron chi connectivity index (χ2n) is 10.8. The van der Waals surface area contributed by atoms with Crippen molar-refractivity contribution in [3.05, 3.63) is 73.0 Å². The van der Waals surface area contributed by atoms with Crippen LogP contribution in [0.5, 0.6) is 11.5 Å². The molecule has 3 amide bonds. The van der Waals surface area contributed by atoms with Crippen LogP contribution in [0.25, 0.3) is 0 Å². The quantitative estimate of drug-likeness (QED) is 0.184. The van der Waals surface area contributed by atoms with Crippen molar-refractivity contribution < 1.29 is 28.6 Å². The molecule has 44 heavy (non-hydrogen) atoms. The number of ether oxygens (including phenoxy) is 3. The minimum Gasteiger partial charge on any atom is -0.499 e. The molecule has 2 N–H and O–H groups in total. The number of hydrogen-bond donors (Lipinski definition) is 2. The Morgan fingerprint density at radius 3 is 2.52 bits per heavy atom. The Bertz CT molecular complexity index is 1190. The monoisotopic (exact) mass is 641 g/mol. The largest absolute Gasteiger partial charge is 0.499 e. The van der Waals surface area contributed by atoms with Gasteiger partial charge in [-0.2, -0.15) is 11.8 Å². The highest BCUT2D eigenvalue weighted by Crippen LogP contribution is 2.27. The first-order chi connectivity index (χ1) is 21.5. The number of nitrogens with zero attached hydrogens (tertiary/aromatic N) is 1. The molecule has 1 saturated heterocycles. The van der Waals surface area contributed by atoms with Crippen LogP contribution in [-0.2, 0) is 30.4 Å². The van der Waals surface area contributed by atoms with Crippen LogP contribution in [0, 0.1) is 5.92 Å². The van der Waals surface area contributed by atoms with Crippen molar-refractivity contribution in [3.8, 4) is 11.5 Å². The van der Waals surface area contributed by atoms with Crippen LogP contribution in [0.2, 0.25) is 0 Å². The third kappa shape index (κ3) is 11.1. The first-order valence-electron chi connectivity index (χ1n) is 15.2. The summed E-state index contributed by atoms with van der Waals surface area (Å²) in [5.74, 6) is 3.61.